The van der Waals surface area contributed by atoms with Gasteiger partial charge >= 0.3 is 0 Å². The number of hydrogen-bond acceptors (Lipinski definition) is 2. The van der Waals surface area contributed by atoms with Crippen molar-refractivity contribution in [2.24, 2.45) is 11.7 Å². The van der Waals surface area contributed by atoms with Gasteiger partial charge in [0, 0.05) is 19.3 Å². The third kappa shape index (κ3) is 2.19. The van der Waals surface area contributed by atoms with Gasteiger partial charge in [-0.05, 0) is 44.2 Å². The summed E-state index contributed by atoms with van der Waals surface area (Å²) in [6.45, 7) is 5.13. The molecule has 1 atom stereocenters. The number of nitrogens with zero attached hydrogens (tertiary/aromatic N) is 1. The first kappa shape index (κ1) is 12.4. The average Bonchev–Trinajstić information content (AvgIpc) is 3.17. The van der Waals surface area contributed by atoms with Crippen LogP contribution in [0.2, 0.25) is 0 Å². The summed E-state index contributed by atoms with van der Waals surface area (Å²) < 4.78 is 0. The molecule has 0 heterocycles. The lowest BCUT2D eigenvalue weighted by atomic mass is 9.88. The third-order valence-corrected chi connectivity index (χ3v) is 4.39. The van der Waals surface area contributed by atoms with Gasteiger partial charge in [0.05, 0.1) is 5.54 Å². The van der Waals surface area contributed by atoms with Crippen LogP contribution in [-0.2, 0) is 0 Å². The summed E-state index contributed by atoms with van der Waals surface area (Å²) in [5, 5.41) is 0. The van der Waals surface area contributed by atoms with Gasteiger partial charge in [-0.25, -0.2) is 0 Å². The van der Waals surface area contributed by atoms with Gasteiger partial charge in [-0.3, -0.25) is 0 Å². The van der Waals surface area contributed by atoms with Crippen molar-refractivity contribution < 1.29 is 0 Å². The zero-order valence-corrected chi connectivity index (χ0v) is 11.2. The second-order valence-corrected chi connectivity index (χ2v) is 5.33. The monoisotopic (exact) mass is 232 g/mol. The van der Waals surface area contributed by atoms with Crippen LogP contribution in [-0.4, -0.2) is 19.1 Å². The van der Waals surface area contributed by atoms with Crippen LogP contribution in [0, 0.1) is 12.8 Å². The minimum absolute atomic E-state index is 0.162. The van der Waals surface area contributed by atoms with Crippen LogP contribution in [0.25, 0.3) is 0 Å². The SMILES string of the molecule is CCC(CN)(C1CC1)N(C)c1ccc(C)cc1. The summed E-state index contributed by atoms with van der Waals surface area (Å²) in [7, 11) is 2.19. The molecule has 1 aliphatic carbocycles. The molecule has 1 aromatic rings. The normalized spacial score (nSPS) is 18.8. The number of benzene rings is 1. The van der Waals surface area contributed by atoms with Crippen molar-refractivity contribution in [2.45, 2.75) is 38.6 Å². The van der Waals surface area contributed by atoms with Crippen LogP contribution in [0.3, 0.4) is 0 Å². The second kappa shape index (κ2) is 4.69. The van der Waals surface area contributed by atoms with E-state index in [1.165, 1.54) is 24.1 Å². The minimum atomic E-state index is 0.162. The van der Waals surface area contributed by atoms with E-state index in [9.17, 15) is 0 Å². The Bertz CT molecular complexity index is 361. The summed E-state index contributed by atoms with van der Waals surface area (Å²) in [5.41, 5.74) is 8.84. The second-order valence-electron chi connectivity index (χ2n) is 5.33. The van der Waals surface area contributed by atoms with Gasteiger partial charge in [0.2, 0.25) is 0 Å². The summed E-state index contributed by atoms with van der Waals surface area (Å²) >= 11 is 0. The Morgan fingerprint density at radius 3 is 2.29 bits per heavy atom. The highest BCUT2D eigenvalue weighted by Crippen LogP contribution is 2.45. The van der Waals surface area contributed by atoms with Crippen LogP contribution >= 0.6 is 0 Å². The highest BCUT2D eigenvalue weighted by molar-refractivity contribution is 5.50. The summed E-state index contributed by atoms with van der Waals surface area (Å²) in [5.74, 6) is 0.781. The van der Waals surface area contributed by atoms with Crippen LogP contribution in [0.4, 0.5) is 5.69 Å². The third-order valence-electron chi connectivity index (χ3n) is 4.39. The quantitative estimate of drug-likeness (QED) is 0.845. The van der Waals surface area contributed by atoms with Crippen molar-refractivity contribution in [3.05, 3.63) is 29.8 Å². The van der Waals surface area contributed by atoms with Crippen molar-refractivity contribution in [1.82, 2.24) is 0 Å². The Morgan fingerprint density at radius 2 is 1.88 bits per heavy atom. The molecule has 0 radical (unpaired) electrons. The number of anilines is 1. The van der Waals surface area contributed by atoms with E-state index < -0.39 is 0 Å². The van der Waals surface area contributed by atoms with E-state index in [1.807, 2.05) is 0 Å². The van der Waals surface area contributed by atoms with Gasteiger partial charge in [0.15, 0.2) is 0 Å². The van der Waals surface area contributed by atoms with Gasteiger partial charge < -0.3 is 10.6 Å². The molecule has 1 unspecified atom stereocenters. The molecule has 0 spiro atoms. The number of nitrogens with two attached hydrogens (primary N) is 1. The van der Waals surface area contributed by atoms with Crippen LogP contribution in [0.5, 0.6) is 0 Å². The maximum absolute atomic E-state index is 6.09. The van der Waals surface area contributed by atoms with E-state index in [-0.39, 0.29) is 5.54 Å². The van der Waals surface area contributed by atoms with Crippen molar-refractivity contribution in [3.63, 3.8) is 0 Å². The van der Waals surface area contributed by atoms with Gasteiger partial charge in [-0.2, -0.15) is 0 Å². The van der Waals surface area contributed by atoms with Crippen LogP contribution in [0.15, 0.2) is 24.3 Å². The highest BCUT2D eigenvalue weighted by Gasteiger charge is 2.45. The Hall–Kier alpha value is -1.02. The van der Waals surface area contributed by atoms with E-state index >= 15 is 0 Å². The Morgan fingerprint density at radius 1 is 1.29 bits per heavy atom. The molecule has 1 saturated carbocycles. The van der Waals surface area contributed by atoms with Crippen molar-refractivity contribution in [3.8, 4) is 0 Å². The summed E-state index contributed by atoms with van der Waals surface area (Å²) in [4.78, 5) is 2.41. The van der Waals surface area contributed by atoms with Gasteiger partial charge in [-0.1, -0.05) is 24.6 Å². The van der Waals surface area contributed by atoms with E-state index in [0.29, 0.717) is 0 Å². The number of rotatable bonds is 5. The Kier molecular flexibility index (Phi) is 3.43. The van der Waals surface area contributed by atoms with Crippen LogP contribution < -0.4 is 10.6 Å². The van der Waals surface area contributed by atoms with E-state index in [2.05, 4.69) is 50.1 Å². The molecule has 0 amide bonds. The summed E-state index contributed by atoms with van der Waals surface area (Å²) in [6, 6.07) is 8.76. The lowest BCUT2D eigenvalue weighted by Gasteiger charge is -2.43. The fourth-order valence-corrected chi connectivity index (χ4v) is 2.89. The van der Waals surface area contributed by atoms with E-state index in [4.69, 9.17) is 5.73 Å². The topological polar surface area (TPSA) is 29.3 Å². The molecule has 94 valence electrons. The zero-order valence-electron chi connectivity index (χ0n) is 11.2. The Balaban J connectivity index is 2.27. The smallest absolute Gasteiger partial charge is 0.0546 e. The molecule has 0 aliphatic heterocycles. The standard InChI is InChI=1S/C15H24N2/c1-4-15(11-16,13-7-8-13)17(3)14-9-5-12(2)6-10-14/h5-6,9-10,13H,4,7-8,11,16H2,1-3H3. The molecule has 2 nitrogen and oxygen atoms in total. The molecule has 0 aromatic heterocycles. The molecule has 2 N–H and O–H groups in total. The predicted octanol–water partition coefficient (Wildman–Crippen LogP) is 2.95. The Labute approximate surface area is 105 Å². The molecule has 1 aliphatic rings. The molecule has 0 bridgehead atoms. The molecule has 0 saturated heterocycles. The lowest BCUT2D eigenvalue weighted by molar-refractivity contribution is 0.349. The number of hydrogen-bond donors (Lipinski definition) is 1. The van der Waals surface area contributed by atoms with Gasteiger partial charge in [0.25, 0.3) is 0 Å². The van der Waals surface area contributed by atoms with Gasteiger partial charge in [-0.15, -0.1) is 0 Å². The fraction of sp³-hybridized carbons (Fsp3) is 0.600. The van der Waals surface area contributed by atoms with Crippen molar-refractivity contribution in [1.29, 1.82) is 0 Å². The zero-order chi connectivity index (χ0) is 12.5. The lowest BCUT2D eigenvalue weighted by Crippen LogP contribution is -2.54. The molecule has 17 heavy (non-hydrogen) atoms. The first-order chi connectivity index (χ1) is 8.14. The summed E-state index contributed by atoms with van der Waals surface area (Å²) in [6.07, 6.45) is 3.79. The van der Waals surface area contributed by atoms with E-state index in [1.54, 1.807) is 0 Å². The molecular weight excluding hydrogens is 208 g/mol. The maximum Gasteiger partial charge on any atom is 0.0546 e. The molecular formula is C15H24N2. The fourth-order valence-electron chi connectivity index (χ4n) is 2.89. The number of likely N-dealkylation sites (N-methyl/N-ethyl adjacent to an activating group) is 1. The minimum Gasteiger partial charge on any atom is -0.367 e. The maximum atomic E-state index is 6.09. The first-order valence-corrected chi connectivity index (χ1v) is 6.64. The van der Waals surface area contributed by atoms with Crippen LogP contribution in [0.1, 0.15) is 31.7 Å². The largest absolute Gasteiger partial charge is 0.367 e. The average molecular weight is 232 g/mol. The van der Waals surface area contributed by atoms with E-state index in [0.717, 1.165) is 18.9 Å². The van der Waals surface area contributed by atoms with Crippen molar-refractivity contribution >= 4 is 5.69 Å². The van der Waals surface area contributed by atoms with Crippen molar-refractivity contribution in [2.75, 3.05) is 18.5 Å². The predicted molar refractivity (Wildman–Crippen MR) is 74.4 cm³/mol. The number of aryl methyl sites for hydroxylation is 1. The molecule has 2 heteroatoms. The molecule has 1 aromatic carbocycles. The van der Waals surface area contributed by atoms with Gasteiger partial charge in [0.1, 0.15) is 0 Å². The first-order valence-electron chi connectivity index (χ1n) is 6.64. The molecule has 2 rings (SSSR count). The highest BCUT2D eigenvalue weighted by atomic mass is 15.2. The molecule has 1 fully saturated rings.